The minimum Gasteiger partial charge on any atom is -0.324 e. The molecular formula is C11H17N3O2S. The van der Waals surface area contributed by atoms with Crippen LogP contribution < -0.4 is 16.2 Å². The van der Waals surface area contributed by atoms with Crippen LogP contribution >= 0.6 is 0 Å². The van der Waals surface area contributed by atoms with E-state index in [0.717, 1.165) is 17.5 Å². The van der Waals surface area contributed by atoms with Gasteiger partial charge in [0.1, 0.15) is 0 Å². The first-order valence-corrected chi connectivity index (χ1v) is 7.27. The summed E-state index contributed by atoms with van der Waals surface area (Å²) in [6, 6.07) is 8.12. The Kier molecular flexibility index (Phi) is 3.48. The van der Waals surface area contributed by atoms with E-state index in [1.165, 1.54) is 0 Å². The van der Waals surface area contributed by atoms with Crippen LogP contribution in [0.2, 0.25) is 0 Å². The zero-order chi connectivity index (χ0) is 12.5. The summed E-state index contributed by atoms with van der Waals surface area (Å²) in [7, 11) is -3.40. The molecule has 5 nitrogen and oxygen atoms in total. The van der Waals surface area contributed by atoms with Crippen molar-refractivity contribution in [2.24, 2.45) is 10.9 Å². The van der Waals surface area contributed by atoms with Crippen molar-refractivity contribution in [3.8, 4) is 0 Å². The molecule has 2 atom stereocenters. The van der Waals surface area contributed by atoms with E-state index in [0.29, 0.717) is 6.54 Å². The number of nitrogens with two attached hydrogens (primary N) is 2. The lowest BCUT2D eigenvalue weighted by Crippen LogP contribution is -2.29. The third-order valence-electron chi connectivity index (χ3n) is 3.04. The SMILES string of the molecule is NC1CC(NCCS(N)(=O)=O)c2ccccc21. The van der Waals surface area contributed by atoms with Crippen molar-refractivity contribution >= 4 is 10.0 Å². The van der Waals surface area contributed by atoms with Crippen LogP contribution in [0.25, 0.3) is 0 Å². The number of primary sulfonamides is 1. The van der Waals surface area contributed by atoms with Crippen LogP contribution in [0.4, 0.5) is 0 Å². The fourth-order valence-electron chi connectivity index (χ4n) is 2.24. The summed E-state index contributed by atoms with van der Waals surface area (Å²) in [4.78, 5) is 0. The molecule has 1 aliphatic rings. The van der Waals surface area contributed by atoms with Gasteiger partial charge in [0, 0.05) is 18.6 Å². The number of hydrogen-bond donors (Lipinski definition) is 3. The summed E-state index contributed by atoms with van der Waals surface area (Å²) in [6.07, 6.45) is 0.796. The molecule has 0 heterocycles. The standard InChI is InChI=1S/C11H17N3O2S/c12-10-7-11(14-5-6-17(13,15)16)9-4-2-1-3-8(9)10/h1-4,10-11,14H,5-7,12H2,(H2,13,15,16). The second-order valence-corrected chi connectivity index (χ2v) is 6.08. The lowest BCUT2D eigenvalue weighted by Gasteiger charge is -2.13. The van der Waals surface area contributed by atoms with Gasteiger partial charge in [0.15, 0.2) is 0 Å². The van der Waals surface area contributed by atoms with Gasteiger partial charge in [-0.2, -0.15) is 0 Å². The van der Waals surface area contributed by atoms with Crippen molar-refractivity contribution < 1.29 is 8.42 Å². The maximum Gasteiger partial charge on any atom is 0.210 e. The summed E-state index contributed by atoms with van der Waals surface area (Å²) in [6.45, 7) is 0.352. The first-order chi connectivity index (χ1) is 7.97. The van der Waals surface area contributed by atoms with Gasteiger partial charge < -0.3 is 11.1 Å². The highest BCUT2D eigenvalue weighted by atomic mass is 32.2. The zero-order valence-electron chi connectivity index (χ0n) is 9.46. The lowest BCUT2D eigenvalue weighted by molar-refractivity contribution is 0.510. The molecule has 0 spiro atoms. The molecule has 5 N–H and O–H groups in total. The Bertz CT molecular complexity index is 501. The van der Waals surface area contributed by atoms with Crippen LogP contribution in [0.5, 0.6) is 0 Å². The molecule has 1 aromatic rings. The smallest absolute Gasteiger partial charge is 0.210 e. The minimum atomic E-state index is -3.40. The Morgan fingerprint density at radius 3 is 2.59 bits per heavy atom. The molecule has 2 rings (SSSR count). The molecule has 0 radical (unpaired) electrons. The van der Waals surface area contributed by atoms with E-state index in [1.54, 1.807) is 0 Å². The minimum absolute atomic E-state index is 0.0261. The fourth-order valence-corrected chi connectivity index (χ4v) is 2.64. The molecule has 2 unspecified atom stereocenters. The number of rotatable bonds is 4. The van der Waals surface area contributed by atoms with Crippen molar-refractivity contribution in [2.75, 3.05) is 12.3 Å². The van der Waals surface area contributed by atoms with Gasteiger partial charge in [-0.15, -0.1) is 0 Å². The van der Waals surface area contributed by atoms with Crippen LogP contribution in [0.3, 0.4) is 0 Å². The molecule has 1 aliphatic carbocycles. The highest BCUT2D eigenvalue weighted by molar-refractivity contribution is 7.89. The molecule has 0 bridgehead atoms. The van der Waals surface area contributed by atoms with Crippen molar-refractivity contribution in [3.05, 3.63) is 35.4 Å². The lowest BCUT2D eigenvalue weighted by atomic mass is 10.1. The summed E-state index contributed by atoms with van der Waals surface area (Å²) in [5.74, 6) is -0.0547. The summed E-state index contributed by atoms with van der Waals surface area (Å²) in [5, 5.41) is 8.14. The predicted octanol–water partition coefficient (Wildman–Crippen LogP) is 0.00930. The van der Waals surface area contributed by atoms with E-state index >= 15 is 0 Å². The van der Waals surface area contributed by atoms with E-state index in [2.05, 4.69) is 5.32 Å². The number of hydrogen-bond acceptors (Lipinski definition) is 4. The van der Waals surface area contributed by atoms with Crippen LogP contribution in [-0.4, -0.2) is 20.7 Å². The maximum atomic E-state index is 10.8. The van der Waals surface area contributed by atoms with Crippen LogP contribution in [0.15, 0.2) is 24.3 Å². The Balaban J connectivity index is 2.01. The van der Waals surface area contributed by atoms with Crippen molar-refractivity contribution in [3.63, 3.8) is 0 Å². The fraction of sp³-hybridized carbons (Fsp3) is 0.455. The zero-order valence-corrected chi connectivity index (χ0v) is 10.3. The Hall–Kier alpha value is -0.950. The average molecular weight is 255 g/mol. The van der Waals surface area contributed by atoms with Crippen molar-refractivity contribution in [2.45, 2.75) is 18.5 Å². The first-order valence-electron chi connectivity index (χ1n) is 5.55. The van der Waals surface area contributed by atoms with Gasteiger partial charge in [-0.25, -0.2) is 13.6 Å². The largest absolute Gasteiger partial charge is 0.324 e. The average Bonchev–Trinajstić information content (AvgIpc) is 2.55. The van der Waals surface area contributed by atoms with Crippen LogP contribution in [0, 0.1) is 0 Å². The molecule has 0 fully saturated rings. The normalized spacial score (nSPS) is 23.6. The van der Waals surface area contributed by atoms with Crippen LogP contribution in [0.1, 0.15) is 29.6 Å². The van der Waals surface area contributed by atoms with Gasteiger partial charge in [-0.3, -0.25) is 0 Å². The highest BCUT2D eigenvalue weighted by Crippen LogP contribution is 2.36. The molecule has 6 heteroatoms. The van der Waals surface area contributed by atoms with E-state index < -0.39 is 10.0 Å². The molecule has 0 aliphatic heterocycles. The van der Waals surface area contributed by atoms with Crippen molar-refractivity contribution in [1.82, 2.24) is 5.32 Å². The molecule has 0 amide bonds. The van der Waals surface area contributed by atoms with E-state index in [4.69, 9.17) is 10.9 Å². The van der Waals surface area contributed by atoms with Crippen molar-refractivity contribution in [1.29, 1.82) is 0 Å². The molecule has 1 aromatic carbocycles. The first kappa shape index (κ1) is 12.5. The summed E-state index contributed by atoms with van der Waals surface area (Å²) in [5.41, 5.74) is 8.31. The van der Waals surface area contributed by atoms with Gasteiger partial charge in [-0.05, 0) is 17.5 Å². The second kappa shape index (κ2) is 4.73. The number of nitrogens with one attached hydrogen (secondary N) is 1. The van der Waals surface area contributed by atoms with E-state index in [9.17, 15) is 8.42 Å². The molecular weight excluding hydrogens is 238 g/mol. The Labute approximate surface area is 101 Å². The van der Waals surface area contributed by atoms with E-state index in [1.807, 2.05) is 24.3 Å². The topological polar surface area (TPSA) is 98.2 Å². The quantitative estimate of drug-likeness (QED) is 0.705. The maximum absolute atomic E-state index is 10.8. The number of sulfonamides is 1. The van der Waals surface area contributed by atoms with E-state index in [-0.39, 0.29) is 17.8 Å². The molecule has 0 aromatic heterocycles. The molecule has 17 heavy (non-hydrogen) atoms. The third-order valence-corrected chi connectivity index (χ3v) is 3.81. The van der Waals surface area contributed by atoms with Gasteiger partial charge >= 0.3 is 0 Å². The monoisotopic (exact) mass is 255 g/mol. The number of fused-ring (bicyclic) bond motifs is 1. The molecule has 94 valence electrons. The Morgan fingerprint density at radius 2 is 1.94 bits per heavy atom. The second-order valence-electron chi connectivity index (χ2n) is 4.34. The van der Waals surface area contributed by atoms with Gasteiger partial charge in [0.05, 0.1) is 5.75 Å². The predicted molar refractivity (Wildman–Crippen MR) is 66.7 cm³/mol. The molecule has 0 saturated carbocycles. The highest BCUT2D eigenvalue weighted by Gasteiger charge is 2.27. The third kappa shape index (κ3) is 3.04. The van der Waals surface area contributed by atoms with Gasteiger partial charge in [0.25, 0.3) is 0 Å². The van der Waals surface area contributed by atoms with Gasteiger partial charge in [0.2, 0.25) is 10.0 Å². The molecule has 0 saturated heterocycles. The summed E-state index contributed by atoms with van der Waals surface area (Å²) >= 11 is 0. The summed E-state index contributed by atoms with van der Waals surface area (Å²) < 4.78 is 21.7. The number of benzene rings is 1. The Morgan fingerprint density at radius 1 is 1.29 bits per heavy atom. The van der Waals surface area contributed by atoms with Crippen LogP contribution in [-0.2, 0) is 10.0 Å². The van der Waals surface area contributed by atoms with Gasteiger partial charge in [-0.1, -0.05) is 24.3 Å².